The highest BCUT2D eigenvalue weighted by Crippen LogP contribution is 2.25. The van der Waals surface area contributed by atoms with Crippen molar-refractivity contribution >= 4 is 17.0 Å². The van der Waals surface area contributed by atoms with E-state index in [1.165, 1.54) is 12.8 Å². The Morgan fingerprint density at radius 2 is 2.08 bits per heavy atom. The lowest BCUT2D eigenvalue weighted by molar-refractivity contribution is 0.357. The fraction of sp³-hybridized carbons (Fsp3) is 0.389. The first-order valence-electron chi connectivity index (χ1n) is 8.51. The van der Waals surface area contributed by atoms with E-state index >= 15 is 0 Å². The first-order chi connectivity index (χ1) is 11.7. The minimum Gasteiger partial charge on any atom is -0.353 e. The van der Waals surface area contributed by atoms with E-state index in [4.69, 9.17) is 0 Å². The summed E-state index contributed by atoms with van der Waals surface area (Å²) in [5, 5.41) is 8.24. The molecule has 0 amide bonds. The van der Waals surface area contributed by atoms with E-state index < -0.39 is 0 Å². The molecule has 3 aromatic rings. The van der Waals surface area contributed by atoms with Crippen molar-refractivity contribution in [2.45, 2.75) is 38.6 Å². The van der Waals surface area contributed by atoms with Crippen LogP contribution in [0.15, 0.2) is 41.3 Å². The molecule has 2 aromatic heterocycles. The number of H-pyrrole nitrogens is 1. The molecule has 124 valence electrons. The summed E-state index contributed by atoms with van der Waals surface area (Å²) in [6, 6.07) is 10.1. The van der Waals surface area contributed by atoms with Crippen LogP contribution in [0.3, 0.4) is 0 Å². The molecule has 4 rings (SSSR count). The quantitative estimate of drug-likeness (QED) is 0.776. The minimum atomic E-state index is -0.159. The molecule has 6 heteroatoms. The number of para-hydroxylation sites is 1. The number of fused-ring (bicyclic) bond motifs is 1. The summed E-state index contributed by atoms with van der Waals surface area (Å²) in [6.07, 6.45) is 6.29. The van der Waals surface area contributed by atoms with Crippen molar-refractivity contribution < 1.29 is 0 Å². The summed E-state index contributed by atoms with van der Waals surface area (Å²) in [5.74, 6) is 1.24. The minimum absolute atomic E-state index is 0.159. The number of aromatic nitrogens is 4. The molecule has 24 heavy (non-hydrogen) atoms. The van der Waals surface area contributed by atoms with Gasteiger partial charge in [0.15, 0.2) is 5.65 Å². The third-order valence-corrected chi connectivity index (χ3v) is 4.72. The molecular weight excluding hydrogens is 302 g/mol. The Kier molecular flexibility index (Phi) is 3.80. The Labute approximate surface area is 139 Å². The summed E-state index contributed by atoms with van der Waals surface area (Å²) in [5.41, 5.74) is 1.31. The Morgan fingerprint density at radius 1 is 1.25 bits per heavy atom. The maximum atomic E-state index is 12.4. The van der Waals surface area contributed by atoms with Gasteiger partial charge in [-0.15, -0.1) is 0 Å². The van der Waals surface area contributed by atoms with E-state index in [1.807, 2.05) is 30.3 Å². The zero-order chi connectivity index (χ0) is 16.5. The summed E-state index contributed by atoms with van der Waals surface area (Å²) in [6.45, 7) is 2.28. The van der Waals surface area contributed by atoms with Crippen molar-refractivity contribution in [3.8, 4) is 5.69 Å². The Morgan fingerprint density at radius 3 is 2.88 bits per heavy atom. The van der Waals surface area contributed by atoms with Crippen molar-refractivity contribution in [3.63, 3.8) is 0 Å². The highest BCUT2D eigenvalue weighted by molar-refractivity contribution is 5.76. The first kappa shape index (κ1) is 14.9. The van der Waals surface area contributed by atoms with Crippen molar-refractivity contribution in [2.75, 3.05) is 5.32 Å². The van der Waals surface area contributed by atoms with Crippen LogP contribution in [0, 0.1) is 5.92 Å². The van der Waals surface area contributed by atoms with Crippen LogP contribution >= 0.6 is 0 Å². The molecule has 2 unspecified atom stereocenters. The second-order valence-corrected chi connectivity index (χ2v) is 6.66. The van der Waals surface area contributed by atoms with E-state index in [1.54, 1.807) is 10.9 Å². The molecule has 1 aliphatic carbocycles. The molecule has 2 atom stereocenters. The highest BCUT2D eigenvalue weighted by Gasteiger charge is 2.20. The van der Waals surface area contributed by atoms with Crippen LogP contribution in [0.5, 0.6) is 0 Å². The SMILES string of the molecule is CC1CCCC(Nc2nc3c(cnn3-c3ccccc3)c(=O)[nH]2)C1. The number of hydrogen-bond donors (Lipinski definition) is 2. The number of aromatic amines is 1. The normalized spacial score (nSPS) is 21.0. The maximum Gasteiger partial charge on any atom is 0.263 e. The molecule has 0 bridgehead atoms. The van der Waals surface area contributed by atoms with Gasteiger partial charge in [-0.05, 0) is 30.9 Å². The average Bonchev–Trinajstić information content (AvgIpc) is 3.00. The van der Waals surface area contributed by atoms with Crippen LogP contribution in [0.25, 0.3) is 16.7 Å². The van der Waals surface area contributed by atoms with Crippen molar-refractivity contribution in [1.29, 1.82) is 0 Å². The molecule has 0 aliphatic heterocycles. The summed E-state index contributed by atoms with van der Waals surface area (Å²) >= 11 is 0. The van der Waals surface area contributed by atoms with Crippen molar-refractivity contribution in [1.82, 2.24) is 19.7 Å². The topological polar surface area (TPSA) is 75.6 Å². The fourth-order valence-corrected chi connectivity index (χ4v) is 3.50. The Hall–Kier alpha value is -2.63. The van der Waals surface area contributed by atoms with E-state index in [0.717, 1.165) is 18.5 Å². The largest absolute Gasteiger partial charge is 0.353 e. The van der Waals surface area contributed by atoms with E-state index in [0.29, 0.717) is 28.9 Å². The molecule has 1 aliphatic rings. The van der Waals surface area contributed by atoms with Crippen LogP contribution in [0.1, 0.15) is 32.6 Å². The second-order valence-electron chi connectivity index (χ2n) is 6.66. The van der Waals surface area contributed by atoms with Gasteiger partial charge in [0, 0.05) is 6.04 Å². The zero-order valence-electron chi connectivity index (χ0n) is 13.7. The monoisotopic (exact) mass is 323 g/mol. The van der Waals surface area contributed by atoms with Crippen molar-refractivity contribution in [3.05, 3.63) is 46.9 Å². The molecule has 2 N–H and O–H groups in total. The van der Waals surface area contributed by atoms with Gasteiger partial charge in [0.2, 0.25) is 5.95 Å². The lowest BCUT2D eigenvalue weighted by Gasteiger charge is -2.27. The second kappa shape index (κ2) is 6.11. The van der Waals surface area contributed by atoms with Crippen LogP contribution < -0.4 is 10.9 Å². The predicted octanol–water partition coefficient (Wildman–Crippen LogP) is 3.10. The summed E-state index contributed by atoms with van der Waals surface area (Å²) in [4.78, 5) is 19.8. The Balaban J connectivity index is 1.71. The molecule has 6 nitrogen and oxygen atoms in total. The lowest BCUT2D eigenvalue weighted by Crippen LogP contribution is -2.28. The smallest absolute Gasteiger partial charge is 0.263 e. The van der Waals surface area contributed by atoms with E-state index in [2.05, 4.69) is 27.3 Å². The van der Waals surface area contributed by atoms with E-state index in [9.17, 15) is 4.79 Å². The van der Waals surface area contributed by atoms with Gasteiger partial charge in [-0.1, -0.05) is 38.0 Å². The molecule has 0 radical (unpaired) electrons. The van der Waals surface area contributed by atoms with Gasteiger partial charge in [-0.3, -0.25) is 9.78 Å². The summed E-state index contributed by atoms with van der Waals surface area (Å²) in [7, 11) is 0. The van der Waals surface area contributed by atoms with Crippen LogP contribution in [0.4, 0.5) is 5.95 Å². The van der Waals surface area contributed by atoms with Gasteiger partial charge in [0.1, 0.15) is 5.39 Å². The van der Waals surface area contributed by atoms with E-state index in [-0.39, 0.29) is 5.56 Å². The van der Waals surface area contributed by atoms with Gasteiger partial charge in [-0.2, -0.15) is 10.1 Å². The standard InChI is InChI=1S/C18H21N5O/c1-12-6-5-7-13(10-12)20-18-21-16-15(17(24)22-18)11-19-23(16)14-8-3-2-4-9-14/h2-4,8-9,11-13H,5-7,10H2,1H3,(H2,20,21,22,24). The zero-order valence-corrected chi connectivity index (χ0v) is 13.7. The third-order valence-electron chi connectivity index (χ3n) is 4.72. The Bertz CT molecular complexity index is 899. The van der Waals surface area contributed by atoms with Gasteiger partial charge >= 0.3 is 0 Å². The molecule has 0 spiro atoms. The summed E-state index contributed by atoms with van der Waals surface area (Å²) < 4.78 is 1.71. The van der Waals surface area contributed by atoms with Crippen LogP contribution in [-0.2, 0) is 0 Å². The van der Waals surface area contributed by atoms with Gasteiger partial charge in [0.25, 0.3) is 5.56 Å². The number of nitrogens with zero attached hydrogens (tertiary/aromatic N) is 3. The highest BCUT2D eigenvalue weighted by atomic mass is 16.1. The molecule has 1 aromatic carbocycles. The number of hydrogen-bond acceptors (Lipinski definition) is 4. The van der Waals surface area contributed by atoms with Gasteiger partial charge in [0.05, 0.1) is 11.9 Å². The fourth-order valence-electron chi connectivity index (χ4n) is 3.50. The number of rotatable bonds is 3. The predicted molar refractivity (Wildman–Crippen MR) is 94.5 cm³/mol. The van der Waals surface area contributed by atoms with Crippen LogP contribution in [-0.4, -0.2) is 25.8 Å². The third kappa shape index (κ3) is 2.79. The number of nitrogens with one attached hydrogen (secondary N) is 2. The molecule has 1 saturated carbocycles. The van der Waals surface area contributed by atoms with Gasteiger partial charge in [-0.25, -0.2) is 4.68 Å². The molecule has 0 saturated heterocycles. The van der Waals surface area contributed by atoms with Gasteiger partial charge < -0.3 is 5.32 Å². The maximum absolute atomic E-state index is 12.4. The molecular formula is C18H21N5O. The van der Waals surface area contributed by atoms with Crippen LogP contribution in [0.2, 0.25) is 0 Å². The average molecular weight is 323 g/mol. The first-order valence-corrected chi connectivity index (χ1v) is 8.51. The molecule has 1 fully saturated rings. The molecule has 2 heterocycles. The van der Waals surface area contributed by atoms with Crippen molar-refractivity contribution in [2.24, 2.45) is 5.92 Å². The lowest BCUT2D eigenvalue weighted by atomic mass is 9.87. The number of benzene rings is 1. The number of anilines is 1.